The van der Waals surface area contributed by atoms with E-state index in [0.717, 1.165) is 11.1 Å². The Balaban J connectivity index is 1.93. The first-order valence-corrected chi connectivity index (χ1v) is 11.6. The second-order valence-electron chi connectivity index (χ2n) is 7.70. The Bertz CT molecular complexity index is 1270. The number of esters is 2. The summed E-state index contributed by atoms with van der Waals surface area (Å²) in [7, 11) is 0. The minimum atomic E-state index is -2.10. The summed E-state index contributed by atoms with van der Waals surface area (Å²) in [5, 5.41) is 12.4. The molecule has 8 nitrogen and oxygen atoms in total. The van der Waals surface area contributed by atoms with Gasteiger partial charge in [-0.1, -0.05) is 47.5 Å². The quantitative estimate of drug-likeness (QED) is 0.297. The third-order valence-corrected chi connectivity index (χ3v) is 5.82. The van der Waals surface area contributed by atoms with Gasteiger partial charge in [-0.3, -0.25) is 4.79 Å². The summed E-state index contributed by atoms with van der Waals surface area (Å²) in [5.74, 6) is -4.51. The van der Waals surface area contributed by atoms with Gasteiger partial charge in [-0.25, -0.2) is 14.4 Å². The van der Waals surface area contributed by atoms with Crippen LogP contribution in [0.4, 0.5) is 5.69 Å². The van der Waals surface area contributed by atoms with Gasteiger partial charge in [0.25, 0.3) is 5.91 Å². The van der Waals surface area contributed by atoms with E-state index in [-0.39, 0.29) is 11.1 Å². The largest absolute Gasteiger partial charge is 0.478 e. The average Bonchev–Trinajstić information content (AvgIpc) is 2.82. The summed E-state index contributed by atoms with van der Waals surface area (Å²) in [4.78, 5) is 50.8. The Morgan fingerprint density at radius 1 is 0.771 bits per heavy atom. The van der Waals surface area contributed by atoms with Crippen molar-refractivity contribution in [3.05, 3.63) is 98.6 Å². The summed E-state index contributed by atoms with van der Waals surface area (Å²) >= 11 is 1.99. The van der Waals surface area contributed by atoms with Crippen molar-refractivity contribution in [2.75, 3.05) is 5.32 Å². The summed E-state index contributed by atoms with van der Waals surface area (Å²) in [6.07, 6.45) is -4.07. The number of hydrogen-bond acceptors (Lipinski definition) is 6. The maximum atomic E-state index is 13.2. The van der Waals surface area contributed by atoms with E-state index in [9.17, 15) is 24.3 Å². The summed E-state index contributed by atoms with van der Waals surface area (Å²) in [6.45, 7) is 3.52. The molecule has 1 amide bonds. The molecule has 0 unspecified atom stereocenters. The fourth-order valence-corrected chi connectivity index (χ4v) is 3.69. The topological polar surface area (TPSA) is 119 Å². The SMILES string of the molecule is Cc1cccc(C(=O)O[C@@H](C(=O)O)[C@@H](OC(=O)c2cccc(C)c2)C(=O)Nc2ccccc2I)c1. The van der Waals surface area contributed by atoms with Crippen LogP contribution in [0.3, 0.4) is 0 Å². The monoisotopic (exact) mass is 587 g/mol. The molecule has 0 radical (unpaired) electrons. The van der Waals surface area contributed by atoms with E-state index in [1.165, 1.54) is 24.3 Å². The molecular formula is C26H22INO7. The highest BCUT2D eigenvalue weighted by Gasteiger charge is 2.41. The number of amides is 1. The minimum Gasteiger partial charge on any atom is -0.478 e. The van der Waals surface area contributed by atoms with Crippen LogP contribution in [0, 0.1) is 17.4 Å². The number of carboxylic acid groups (broad SMARTS) is 1. The molecule has 0 fully saturated rings. The van der Waals surface area contributed by atoms with Gasteiger partial charge in [0.05, 0.1) is 16.8 Å². The molecule has 9 heteroatoms. The molecule has 0 aliphatic rings. The number of halogens is 1. The van der Waals surface area contributed by atoms with E-state index in [2.05, 4.69) is 5.32 Å². The van der Waals surface area contributed by atoms with Crippen molar-refractivity contribution in [2.24, 2.45) is 0 Å². The lowest BCUT2D eigenvalue weighted by Crippen LogP contribution is -2.48. The zero-order valence-corrected chi connectivity index (χ0v) is 21.0. The van der Waals surface area contributed by atoms with Gasteiger partial charge in [0.2, 0.25) is 12.2 Å². The molecule has 2 atom stereocenters. The first-order chi connectivity index (χ1) is 16.7. The van der Waals surface area contributed by atoms with E-state index >= 15 is 0 Å². The van der Waals surface area contributed by atoms with Crippen LogP contribution in [0.5, 0.6) is 0 Å². The van der Waals surface area contributed by atoms with E-state index in [4.69, 9.17) is 9.47 Å². The molecule has 0 aromatic heterocycles. The lowest BCUT2D eigenvalue weighted by Gasteiger charge is -2.24. The van der Waals surface area contributed by atoms with Gasteiger partial charge in [0.15, 0.2) is 0 Å². The van der Waals surface area contributed by atoms with E-state index < -0.39 is 36.0 Å². The molecule has 3 rings (SSSR count). The van der Waals surface area contributed by atoms with Crippen LogP contribution in [0.25, 0.3) is 0 Å². The smallest absolute Gasteiger partial charge is 0.349 e. The minimum absolute atomic E-state index is 0.0954. The predicted octanol–water partition coefficient (Wildman–Crippen LogP) is 4.38. The fraction of sp³-hybridized carbons (Fsp3) is 0.154. The lowest BCUT2D eigenvalue weighted by atomic mass is 10.1. The van der Waals surface area contributed by atoms with Crippen LogP contribution in [-0.4, -0.2) is 41.1 Å². The van der Waals surface area contributed by atoms with Gasteiger partial charge in [-0.2, -0.15) is 0 Å². The number of nitrogens with one attached hydrogen (secondary N) is 1. The Morgan fingerprint density at radius 3 is 1.77 bits per heavy atom. The molecule has 3 aromatic rings. The molecule has 0 saturated carbocycles. The highest BCUT2D eigenvalue weighted by atomic mass is 127. The Morgan fingerprint density at radius 2 is 1.29 bits per heavy atom. The normalized spacial score (nSPS) is 12.2. The number of aliphatic carboxylic acids is 1. The maximum absolute atomic E-state index is 13.2. The third-order valence-electron chi connectivity index (χ3n) is 4.88. The number of aryl methyl sites for hydroxylation is 2. The van der Waals surface area contributed by atoms with Crippen molar-refractivity contribution in [3.63, 3.8) is 0 Å². The molecule has 0 aliphatic heterocycles. The molecule has 0 bridgehead atoms. The standard InChI is InChI=1S/C26H22INO7/c1-15-7-5-9-17(13-15)25(32)34-21(23(29)28-20-12-4-3-11-19(20)27)22(24(30)31)35-26(33)18-10-6-8-16(2)14-18/h3-14,21-22H,1-2H3,(H,28,29)(H,30,31)/t21-,22-/m1/s1. The number of benzene rings is 3. The van der Waals surface area contributed by atoms with Gasteiger partial charge in [-0.05, 0) is 72.8 Å². The molecule has 0 aliphatic carbocycles. The fourth-order valence-electron chi connectivity index (χ4n) is 3.17. The molecule has 0 saturated heterocycles. The molecule has 35 heavy (non-hydrogen) atoms. The summed E-state index contributed by atoms with van der Waals surface area (Å²) in [5.41, 5.74) is 2.11. The Labute approximate surface area is 215 Å². The summed E-state index contributed by atoms with van der Waals surface area (Å²) in [6, 6.07) is 19.5. The number of carboxylic acids is 1. The van der Waals surface area contributed by atoms with Gasteiger partial charge in [0.1, 0.15) is 0 Å². The number of hydrogen-bond donors (Lipinski definition) is 2. The molecule has 0 heterocycles. The number of carbonyl (C=O) groups excluding carboxylic acids is 3. The number of ether oxygens (including phenoxy) is 2. The molecule has 3 aromatic carbocycles. The average molecular weight is 587 g/mol. The van der Waals surface area contributed by atoms with Gasteiger partial charge in [0, 0.05) is 3.57 Å². The van der Waals surface area contributed by atoms with Gasteiger partial charge in [-0.15, -0.1) is 0 Å². The highest BCUT2D eigenvalue weighted by molar-refractivity contribution is 14.1. The lowest BCUT2D eigenvalue weighted by molar-refractivity contribution is -0.157. The van der Waals surface area contributed by atoms with Crippen LogP contribution < -0.4 is 5.32 Å². The van der Waals surface area contributed by atoms with Crippen molar-refractivity contribution < 1.29 is 33.8 Å². The van der Waals surface area contributed by atoms with Crippen LogP contribution in [0.15, 0.2) is 72.8 Å². The maximum Gasteiger partial charge on any atom is 0.349 e. The molecule has 0 spiro atoms. The molecule has 2 N–H and O–H groups in total. The second kappa shape index (κ2) is 11.6. The van der Waals surface area contributed by atoms with Crippen LogP contribution >= 0.6 is 22.6 Å². The van der Waals surface area contributed by atoms with Gasteiger partial charge < -0.3 is 19.9 Å². The van der Waals surface area contributed by atoms with Crippen LogP contribution in [0.2, 0.25) is 0 Å². The van der Waals surface area contributed by atoms with E-state index in [1.54, 1.807) is 62.4 Å². The van der Waals surface area contributed by atoms with Crippen LogP contribution in [-0.2, 0) is 19.1 Å². The second-order valence-corrected chi connectivity index (χ2v) is 8.86. The Hall–Kier alpha value is -3.73. The van der Waals surface area contributed by atoms with Crippen molar-refractivity contribution in [1.29, 1.82) is 0 Å². The number of anilines is 1. The van der Waals surface area contributed by atoms with Crippen molar-refractivity contribution >= 4 is 52.1 Å². The zero-order chi connectivity index (χ0) is 25.5. The third kappa shape index (κ3) is 6.89. The van der Waals surface area contributed by atoms with Gasteiger partial charge >= 0.3 is 17.9 Å². The number of para-hydroxylation sites is 1. The first kappa shape index (κ1) is 25.9. The Kier molecular flexibility index (Phi) is 8.58. The van der Waals surface area contributed by atoms with Crippen LogP contribution in [0.1, 0.15) is 31.8 Å². The van der Waals surface area contributed by atoms with Crippen molar-refractivity contribution in [2.45, 2.75) is 26.1 Å². The number of carbonyl (C=O) groups is 4. The number of rotatable bonds is 8. The van der Waals surface area contributed by atoms with E-state index in [0.29, 0.717) is 9.26 Å². The highest BCUT2D eigenvalue weighted by Crippen LogP contribution is 2.20. The molecule has 180 valence electrons. The summed E-state index contributed by atoms with van der Waals surface area (Å²) < 4.78 is 11.2. The molecular weight excluding hydrogens is 565 g/mol. The zero-order valence-electron chi connectivity index (χ0n) is 18.9. The van der Waals surface area contributed by atoms with Crippen molar-refractivity contribution in [3.8, 4) is 0 Å². The van der Waals surface area contributed by atoms with E-state index in [1.807, 2.05) is 22.6 Å². The first-order valence-electron chi connectivity index (χ1n) is 10.5. The predicted molar refractivity (Wildman–Crippen MR) is 136 cm³/mol. The van der Waals surface area contributed by atoms with Crippen molar-refractivity contribution in [1.82, 2.24) is 0 Å².